The summed E-state index contributed by atoms with van der Waals surface area (Å²) in [7, 11) is 0. The second-order valence-corrected chi connectivity index (χ2v) is 6.93. The van der Waals surface area contributed by atoms with E-state index < -0.39 is 0 Å². The summed E-state index contributed by atoms with van der Waals surface area (Å²) in [4.78, 5) is 2.55. The van der Waals surface area contributed by atoms with E-state index in [0.717, 1.165) is 17.7 Å². The van der Waals surface area contributed by atoms with E-state index in [1.807, 2.05) is 0 Å². The van der Waals surface area contributed by atoms with Gasteiger partial charge in [0.05, 0.1) is 5.69 Å². The van der Waals surface area contributed by atoms with Crippen LogP contribution in [0.25, 0.3) is 0 Å². The predicted molar refractivity (Wildman–Crippen MR) is 98.7 cm³/mol. The van der Waals surface area contributed by atoms with Gasteiger partial charge in [-0.15, -0.1) is 0 Å². The summed E-state index contributed by atoms with van der Waals surface area (Å²) in [6.07, 6.45) is 3.67. The first-order valence-corrected chi connectivity index (χ1v) is 8.58. The van der Waals surface area contributed by atoms with Gasteiger partial charge >= 0.3 is 0 Å². The highest BCUT2D eigenvalue weighted by molar-refractivity contribution is 5.65. The molecule has 0 amide bonds. The van der Waals surface area contributed by atoms with Crippen LogP contribution in [0.1, 0.15) is 56.7 Å². The number of anilines is 1. The Kier molecular flexibility index (Phi) is 4.44. The lowest BCUT2D eigenvalue weighted by Gasteiger charge is -2.42. The highest BCUT2D eigenvalue weighted by Crippen LogP contribution is 2.33. The molecule has 0 aromatic heterocycles. The van der Waals surface area contributed by atoms with Crippen LogP contribution in [0.15, 0.2) is 48.5 Å². The highest BCUT2D eigenvalue weighted by Gasteiger charge is 2.28. The number of unbranched alkanes of at least 4 members (excludes halogenated alkanes) is 1. The first kappa shape index (κ1) is 15.7. The van der Waals surface area contributed by atoms with Crippen molar-refractivity contribution >= 4 is 5.69 Å². The van der Waals surface area contributed by atoms with Crippen molar-refractivity contribution in [3.05, 3.63) is 65.2 Å². The summed E-state index contributed by atoms with van der Waals surface area (Å²) in [5.41, 5.74) is 4.97. The third kappa shape index (κ3) is 3.27. The van der Waals surface area contributed by atoms with Crippen LogP contribution >= 0.6 is 0 Å². The van der Waals surface area contributed by atoms with Crippen LogP contribution in [0.2, 0.25) is 0 Å². The fourth-order valence-electron chi connectivity index (χ4n) is 3.27. The molecule has 2 aromatic carbocycles. The van der Waals surface area contributed by atoms with Gasteiger partial charge in [0, 0.05) is 23.2 Å². The van der Waals surface area contributed by atoms with Crippen LogP contribution in [0.3, 0.4) is 0 Å². The van der Waals surface area contributed by atoms with Gasteiger partial charge in [-0.2, -0.15) is 0 Å². The molecule has 118 valence electrons. The van der Waals surface area contributed by atoms with Crippen molar-refractivity contribution in [2.45, 2.75) is 52.1 Å². The first-order chi connectivity index (χ1) is 11.1. The normalized spacial score (nSPS) is 13.3. The Hall–Kier alpha value is -2.20. The Morgan fingerprint density at radius 3 is 2.39 bits per heavy atom. The minimum atomic E-state index is 0.109. The van der Waals surface area contributed by atoms with Gasteiger partial charge in [-0.25, -0.2) is 0 Å². The zero-order valence-electron chi connectivity index (χ0n) is 14.4. The first-order valence-electron chi connectivity index (χ1n) is 8.58. The topological polar surface area (TPSA) is 3.24 Å². The van der Waals surface area contributed by atoms with Crippen molar-refractivity contribution in [1.82, 2.24) is 0 Å². The van der Waals surface area contributed by atoms with E-state index in [1.165, 1.54) is 30.5 Å². The third-order valence-electron chi connectivity index (χ3n) is 4.75. The van der Waals surface area contributed by atoms with Gasteiger partial charge in [-0.05, 0) is 44.0 Å². The van der Waals surface area contributed by atoms with Crippen molar-refractivity contribution in [3.8, 4) is 11.8 Å². The largest absolute Gasteiger partial charge is 0.361 e. The van der Waals surface area contributed by atoms with Crippen LogP contribution < -0.4 is 4.90 Å². The molecule has 0 N–H and O–H groups in total. The Bertz CT molecular complexity index is 746. The molecule has 0 radical (unpaired) electrons. The zero-order chi connectivity index (χ0) is 16.3. The molecule has 0 aliphatic carbocycles. The molecule has 23 heavy (non-hydrogen) atoms. The van der Waals surface area contributed by atoms with Gasteiger partial charge in [0.15, 0.2) is 0 Å². The summed E-state index contributed by atoms with van der Waals surface area (Å²) in [5, 5.41) is 0. The Balaban J connectivity index is 2.11. The molecular weight excluding hydrogens is 278 g/mol. The SMILES string of the molecule is CCCCC(C)(C)N1Cc2ccccc2C#Cc2ccccc21. The number of hydrogen-bond acceptors (Lipinski definition) is 1. The molecule has 0 unspecified atom stereocenters. The maximum absolute atomic E-state index is 3.39. The number of fused-ring (bicyclic) bond motifs is 2. The molecule has 1 nitrogen and oxygen atoms in total. The summed E-state index contributed by atoms with van der Waals surface area (Å²) in [6, 6.07) is 17.1. The lowest BCUT2D eigenvalue weighted by molar-refractivity contribution is 0.408. The van der Waals surface area contributed by atoms with Crippen molar-refractivity contribution in [1.29, 1.82) is 0 Å². The standard InChI is InChI=1S/C22H25N/c1-4-5-16-22(2,3)23-17-20-12-7-6-10-18(20)14-15-19-11-8-9-13-21(19)23/h6-13H,4-5,16-17H2,1-3H3. The van der Waals surface area contributed by atoms with Gasteiger partial charge in [0.2, 0.25) is 0 Å². The monoisotopic (exact) mass is 303 g/mol. The summed E-state index contributed by atoms with van der Waals surface area (Å²) < 4.78 is 0. The average molecular weight is 303 g/mol. The molecule has 3 rings (SSSR count). The van der Waals surface area contributed by atoms with Crippen LogP contribution in [0.5, 0.6) is 0 Å². The Labute approximate surface area is 140 Å². The summed E-state index contributed by atoms with van der Waals surface area (Å²) >= 11 is 0. The van der Waals surface area contributed by atoms with Gasteiger partial charge in [0.25, 0.3) is 0 Å². The molecule has 1 heteroatoms. The quantitative estimate of drug-likeness (QED) is 0.686. The van der Waals surface area contributed by atoms with E-state index in [9.17, 15) is 0 Å². The Morgan fingerprint density at radius 2 is 1.61 bits per heavy atom. The molecule has 0 fully saturated rings. The van der Waals surface area contributed by atoms with Crippen molar-refractivity contribution in [3.63, 3.8) is 0 Å². The van der Waals surface area contributed by atoms with Crippen LogP contribution in [-0.2, 0) is 6.54 Å². The number of para-hydroxylation sites is 1. The minimum absolute atomic E-state index is 0.109. The zero-order valence-corrected chi connectivity index (χ0v) is 14.4. The minimum Gasteiger partial charge on any atom is -0.361 e. The summed E-state index contributed by atoms with van der Waals surface area (Å²) in [6.45, 7) is 7.89. The maximum Gasteiger partial charge on any atom is 0.0532 e. The summed E-state index contributed by atoms with van der Waals surface area (Å²) in [5.74, 6) is 6.75. The van der Waals surface area contributed by atoms with E-state index in [-0.39, 0.29) is 5.54 Å². The second-order valence-electron chi connectivity index (χ2n) is 6.93. The average Bonchev–Trinajstić information content (AvgIpc) is 2.55. The molecule has 2 aromatic rings. The number of nitrogens with zero attached hydrogens (tertiary/aromatic N) is 1. The molecule has 1 aliphatic rings. The predicted octanol–water partition coefficient (Wildman–Crippen LogP) is 5.38. The van der Waals surface area contributed by atoms with E-state index in [0.29, 0.717) is 0 Å². The van der Waals surface area contributed by atoms with Gasteiger partial charge in [-0.1, -0.05) is 61.9 Å². The van der Waals surface area contributed by atoms with E-state index in [1.54, 1.807) is 0 Å². The van der Waals surface area contributed by atoms with Crippen LogP contribution in [0.4, 0.5) is 5.69 Å². The maximum atomic E-state index is 3.39. The fourth-order valence-corrected chi connectivity index (χ4v) is 3.27. The van der Waals surface area contributed by atoms with Crippen LogP contribution in [-0.4, -0.2) is 5.54 Å². The molecule has 0 saturated carbocycles. The second kappa shape index (κ2) is 6.50. The molecule has 0 saturated heterocycles. The van der Waals surface area contributed by atoms with E-state index in [2.05, 4.69) is 86.0 Å². The lowest BCUT2D eigenvalue weighted by Crippen LogP contribution is -2.44. The van der Waals surface area contributed by atoms with Gasteiger partial charge in [0.1, 0.15) is 0 Å². The molecule has 0 bridgehead atoms. The molecule has 1 aliphatic heterocycles. The molecule has 0 atom stereocenters. The van der Waals surface area contributed by atoms with E-state index in [4.69, 9.17) is 0 Å². The smallest absolute Gasteiger partial charge is 0.0532 e. The van der Waals surface area contributed by atoms with E-state index >= 15 is 0 Å². The highest BCUT2D eigenvalue weighted by atomic mass is 15.2. The number of hydrogen-bond donors (Lipinski definition) is 0. The molecular formula is C22H25N. The Morgan fingerprint density at radius 1 is 0.957 bits per heavy atom. The van der Waals surface area contributed by atoms with Crippen molar-refractivity contribution < 1.29 is 0 Å². The van der Waals surface area contributed by atoms with Crippen molar-refractivity contribution in [2.75, 3.05) is 4.90 Å². The lowest BCUT2D eigenvalue weighted by atomic mass is 9.91. The van der Waals surface area contributed by atoms with Gasteiger partial charge < -0.3 is 4.90 Å². The third-order valence-corrected chi connectivity index (χ3v) is 4.75. The van der Waals surface area contributed by atoms with Crippen molar-refractivity contribution in [2.24, 2.45) is 0 Å². The molecule has 1 heterocycles. The number of rotatable bonds is 4. The molecule has 0 spiro atoms. The number of benzene rings is 2. The van der Waals surface area contributed by atoms with Crippen LogP contribution in [0, 0.1) is 11.8 Å². The van der Waals surface area contributed by atoms with Gasteiger partial charge in [-0.3, -0.25) is 0 Å². The fraction of sp³-hybridized carbons (Fsp3) is 0.364.